The van der Waals surface area contributed by atoms with Gasteiger partial charge in [0, 0.05) is 45.0 Å². The van der Waals surface area contributed by atoms with E-state index >= 15 is 0 Å². The van der Waals surface area contributed by atoms with E-state index in [2.05, 4.69) is 189 Å². The van der Waals surface area contributed by atoms with Gasteiger partial charge in [0.15, 0.2) is 0 Å². The van der Waals surface area contributed by atoms with Gasteiger partial charge in [0.25, 0.3) is 0 Å². The van der Waals surface area contributed by atoms with Crippen molar-refractivity contribution in [3.05, 3.63) is 163 Å². The minimum Gasteiger partial charge on any atom is -0.469 e. The maximum Gasteiger partial charge on any atom is 0.134 e. The van der Waals surface area contributed by atoms with E-state index in [-0.39, 0.29) is 25.5 Å². The molecule has 56 heavy (non-hydrogen) atoms. The Morgan fingerprint density at radius 2 is 1.18 bits per heavy atom. The number of hydrogen-bond donors (Lipinski definition) is 0. The van der Waals surface area contributed by atoms with Crippen molar-refractivity contribution in [2.24, 2.45) is 0 Å². The molecule has 7 rings (SSSR count). The molecule has 3 nitrogen and oxygen atoms in total. The summed E-state index contributed by atoms with van der Waals surface area (Å²) >= 11 is 0. The number of benzene rings is 4. The Morgan fingerprint density at radius 3 is 1.77 bits per heavy atom. The molecule has 4 aromatic carbocycles. The summed E-state index contributed by atoms with van der Waals surface area (Å²) in [5.41, 5.74) is 19.8. The minimum atomic E-state index is -1.35. The van der Waals surface area contributed by atoms with Gasteiger partial charge in [-0.25, -0.2) is 0 Å². The topological polar surface area (TPSA) is 20.9 Å². The first kappa shape index (κ1) is 42.5. The Labute approximate surface area is 351 Å². The van der Waals surface area contributed by atoms with Crippen molar-refractivity contribution >= 4 is 35.2 Å². The maximum absolute atomic E-state index is 6.34. The second kappa shape index (κ2) is 15.7. The molecule has 0 saturated heterocycles. The zero-order chi connectivity index (χ0) is 40.3. The fraction of sp³-hybridized carbons (Fsp3) is 0.255. The van der Waals surface area contributed by atoms with Crippen molar-refractivity contribution in [2.45, 2.75) is 87.4 Å². The summed E-state index contributed by atoms with van der Waals surface area (Å²) in [5.74, 6) is 0. The molecule has 5 heteroatoms. The molecule has 0 bridgehead atoms. The Morgan fingerprint density at radius 1 is 0.589 bits per heavy atom. The molecule has 0 fully saturated rings. The summed E-state index contributed by atoms with van der Waals surface area (Å²) in [6.07, 6.45) is 4.25. The predicted octanol–water partition coefficient (Wildman–Crippen LogP) is 12.2. The maximum atomic E-state index is 6.34. The molecule has 0 aliphatic carbocycles. The molecule has 0 N–H and O–H groups in total. The van der Waals surface area contributed by atoms with Crippen LogP contribution in [0, 0.1) is 69.5 Å². The zero-order valence-electron chi connectivity index (χ0n) is 35.5. The van der Waals surface area contributed by atoms with Crippen molar-refractivity contribution < 1.29 is 33.7 Å². The Bertz CT molecular complexity index is 2570. The summed E-state index contributed by atoms with van der Waals surface area (Å²) in [5, 5.41) is 3.68. The number of furan rings is 1. The number of pyridine rings is 2. The standard InChI is InChI=1S/C32H32NO.C19H26NSi.Ir/c1-19-13-21(3)31(22(4)14-19)23-9-10-25-27-18-26(20(2)15-29(27)34-30(25)16-23)28-17-24(32(5,6)7)11-12-33(28)8;1-13-9-15(3)19(16(4)10-13)17-11-14(2)18(12-20(17)5)21(6,7)8;/h9-18H,2,8H2,1,3-7H3;9-12H,3,5H2,1-2,4,6-8H3;/q2*-1;. The van der Waals surface area contributed by atoms with E-state index in [1.54, 1.807) is 0 Å². The Kier molecular flexibility index (Phi) is 11.9. The van der Waals surface area contributed by atoms with Gasteiger partial charge in [-0.3, -0.25) is 0 Å². The summed E-state index contributed by atoms with van der Waals surface area (Å²) in [4.78, 5) is 0. The molecule has 0 atom stereocenters. The number of aryl methyl sites for hydroxylation is 6. The van der Waals surface area contributed by atoms with E-state index in [0.29, 0.717) is 0 Å². The molecule has 7 aromatic rings. The van der Waals surface area contributed by atoms with Gasteiger partial charge in [0.2, 0.25) is 0 Å². The third-order valence-electron chi connectivity index (χ3n) is 10.8. The molecule has 293 valence electrons. The van der Waals surface area contributed by atoms with E-state index in [9.17, 15) is 0 Å². The van der Waals surface area contributed by atoms with Gasteiger partial charge >= 0.3 is 0 Å². The third kappa shape index (κ3) is 8.37. The molecule has 0 amide bonds. The Balaban J connectivity index is 0.000000236. The van der Waals surface area contributed by atoms with Crippen LogP contribution in [0.4, 0.5) is 0 Å². The van der Waals surface area contributed by atoms with E-state index in [1.165, 1.54) is 60.8 Å². The van der Waals surface area contributed by atoms with Crippen molar-refractivity contribution in [3.8, 4) is 33.6 Å². The van der Waals surface area contributed by atoms with Crippen molar-refractivity contribution in [1.29, 1.82) is 0 Å². The number of fused-ring (bicyclic) bond motifs is 3. The minimum absolute atomic E-state index is 0. The van der Waals surface area contributed by atoms with Gasteiger partial charge in [-0.2, -0.15) is 31.0 Å². The fourth-order valence-electron chi connectivity index (χ4n) is 8.24. The largest absolute Gasteiger partial charge is 0.469 e. The van der Waals surface area contributed by atoms with Gasteiger partial charge < -0.3 is 13.6 Å². The first-order valence-corrected chi connectivity index (χ1v) is 22.7. The van der Waals surface area contributed by atoms with Crippen LogP contribution < -0.4 is 14.3 Å². The molecule has 0 spiro atoms. The fourth-order valence-corrected chi connectivity index (χ4v) is 10.0. The van der Waals surface area contributed by atoms with Crippen molar-refractivity contribution in [3.63, 3.8) is 0 Å². The number of aromatic nitrogens is 2. The molecule has 1 radical (unpaired) electrons. The smallest absolute Gasteiger partial charge is 0.134 e. The molecule has 3 aromatic heterocycles. The molecule has 0 aliphatic rings. The number of nitrogens with zero attached hydrogens (tertiary/aromatic N) is 2. The monoisotopic (exact) mass is 935 g/mol. The second-order valence-corrected chi connectivity index (χ2v) is 22.7. The summed E-state index contributed by atoms with van der Waals surface area (Å²) in [6.45, 7) is 35.4. The summed E-state index contributed by atoms with van der Waals surface area (Å²) in [6, 6.07) is 26.3. The van der Waals surface area contributed by atoms with Crippen LogP contribution in [0.15, 0.2) is 89.6 Å². The number of rotatable bonds is 4. The average molecular weight is 935 g/mol. The number of hydrogen-bond acceptors (Lipinski definition) is 1. The summed E-state index contributed by atoms with van der Waals surface area (Å²) in [7, 11) is 7.11. The molecule has 0 unspecified atom stereocenters. The van der Waals surface area contributed by atoms with Crippen LogP contribution >= 0.6 is 0 Å². The third-order valence-corrected chi connectivity index (χ3v) is 13.0. The second-order valence-electron chi connectivity index (χ2n) is 17.7. The summed E-state index contributed by atoms with van der Waals surface area (Å²) < 4.78 is 10.3. The quantitative estimate of drug-likeness (QED) is 0.0979. The van der Waals surface area contributed by atoms with Crippen molar-refractivity contribution in [1.82, 2.24) is 0 Å². The van der Waals surface area contributed by atoms with Gasteiger partial charge in [-0.1, -0.05) is 119 Å². The van der Waals surface area contributed by atoms with E-state index in [0.717, 1.165) is 50.0 Å². The van der Waals surface area contributed by atoms with E-state index < -0.39 is 8.07 Å². The molecular weight excluding hydrogens is 877 g/mol. The van der Waals surface area contributed by atoms with Crippen LogP contribution in [0.2, 0.25) is 19.6 Å². The van der Waals surface area contributed by atoms with Gasteiger partial charge in [0.05, 0.1) is 37.4 Å². The normalized spacial score (nSPS) is 11.7. The van der Waals surface area contributed by atoms with Crippen LogP contribution in [-0.2, 0) is 25.5 Å². The van der Waals surface area contributed by atoms with Crippen LogP contribution in [-0.4, -0.2) is 8.07 Å². The SMILES string of the molecule is [CH2-]c1cc(C)cc(C)c1-c1cc(C)c([Si](C)(C)C)c[n+]1[CH2-].[CH2-]c1cc2oc3cc(-c4c(C)cc(C)cc4C)ccc3c2cc1-c1cc(C(C)(C)C)cc[n+]1[CH2-].[Ir]. The molecule has 0 saturated carbocycles. The first-order chi connectivity index (χ1) is 25.6. The molecular formula is C51H58IrN2OSi-2. The zero-order valence-corrected chi connectivity index (χ0v) is 38.9. The van der Waals surface area contributed by atoms with Gasteiger partial charge in [-0.15, -0.1) is 34.4 Å². The van der Waals surface area contributed by atoms with Crippen LogP contribution in [0.1, 0.15) is 70.8 Å². The first-order valence-electron chi connectivity index (χ1n) is 19.2. The van der Waals surface area contributed by atoms with Gasteiger partial charge in [0.1, 0.15) is 5.58 Å². The van der Waals surface area contributed by atoms with Gasteiger partial charge in [-0.05, 0) is 67.5 Å². The Hall–Kier alpha value is -4.67. The van der Waals surface area contributed by atoms with E-state index in [1.807, 2.05) is 15.3 Å². The molecule has 0 aliphatic heterocycles. The predicted molar refractivity (Wildman–Crippen MR) is 237 cm³/mol. The van der Waals surface area contributed by atoms with Crippen molar-refractivity contribution in [2.75, 3.05) is 0 Å². The molecule has 3 heterocycles. The van der Waals surface area contributed by atoms with Crippen LogP contribution in [0.25, 0.3) is 55.6 Å². The van der Waals surface area contributed by atoms with E-state index in [4.69, 9.17) is 4.42 Å². The average Bonchev–Trinajstić information content (AvgIpc) is 3.40. The van der Waals surface area contributed by atoms with Crippen LogP contribution in [0.3, 0.4) is 0 Å². The van der Waals surface area contributed by atoms with Crippen LogP contribution in [0.5, 0.6) is 0 Å².